The van der Waals surface area contributed by atoms with Gasteiger partial charge < -0.3 is 10.1 Å². The van der Waals surface area contributed by atoms with E-state index in [1.54, 1.807) is 36.8 Å². The highest BCUT2D eigenvalue weighted by molar-refractivity contribution is 7.92. The lowest BCUT2D eigenvalue weighted by molar-refractivity contribution is -0.137. The van der Waals surface area contributed by atoms with E-state index in [0.29, 0.717) is 5.69 Å². The van der Waals surface area contributed by atoms with E-state index >= 15 is 0 Å². The number of nitrogens with one attached hydrogen (secondary N) is 2. The number of rotatable bonds is 7. The van der Waals surface area contributed by atoms with Crippen LogP contribution < -0.4 is 4.72 Å². The van der Waals surface area contributed by atoms with Crippen LogP contribution in [0, 0.1) is 0 Å². The highest BCUT2D eigenvalue weighted by Gasteiger charge is 2.11. The van der Waals surface area contributed by atoms with Gasteiger partial charge in [0.05, 0.1) is 24.0 Å². The molecule has 3 N–H and O–H groups in total. The van der Waals surface area contributed by atoms with E-state index in [1.165, 1.54) is 0 Å². The van der Waals surface area contributed by atoms with E-state index in [1.807, 2.05) is 0 Å². The molecule has 0 radical (unpaired) electrons. The Kier molecular flexibility index (Phi) is 4.59. The van der Waals surface area contributed by atoms with Crippen molar-refractivity contribution in [3.05, 3.63) is 36.8 Å². The summed E-state index contributed by atoms with van der Waals surface area (Å²) in [5.74, 6) is -1.23. The summed E-state index contributed by atoms with van der Waals surface area (Å²) in [6, 6.07) is 6.82. The number of carboxylic acid groups (broad SMARTS) is 1. The van der Waals surface area contributed by atoms with Crippen molar-refractivity contribution < 1.29 is 18.3 Å². The van der Waals surface area contributed by atoms with Crippen molar-refractivity contribution in [1.82, 2.24) is 9.97 Å². The Hall–Kier alpha value is -2.35. The average molecular weight is 309 g/mol. The third-order valence-corrected chi connectivity index (χ3v) is 4.14. The molecule has 112 valence electrons. The molecule has 0 saturated heterocycles. The molecule has 1 aromatic carbocycles. The monoisotopic (exact) mass is 309 g/mol. The van der Waals surface area contributed by atoms with Crippen LogP contribution in [-0.2, 0) is 14.8 Å². The summed E-state index contributed by atoms with van der Waals surface area (Å²) in [5, 5.41) is 8.50. The molecule has 1 aromatic heterocycles. The van der Waals surface area contributed by atoms with Gasteiger partial charge in [0, 0.05) is 12.1 Å². The van der Waals surface area contributed by atoms with Gasteiger partial charge in [-0.1, -0.05) is 12.1 Å². The number of aromatic nitrogens is 2. The van der Waals surface area contributed by atoms with Crippen molar-refractivity contribution in [2.75, 3.05) is 10.5 Å². The molecule has 0 atom stereocenters. The van der Waals surface area contributed by atoms with Gasteiger partial charge in [-0.3, -0.25) is 9.52 Å². The van der Waals surface area contributed by atoms with Crippen molar-refractivity contribution in [3.63, 3.8) is 0 Å². The van der Waals surface area contributed by atoms with Crippen LogP contribution in [-0.4, -0.2) is 35.2 Å². The Balaban J connectivity index is 1.98. The molecule has 0 amide bonds. The maximum Gasteiger partial charge on any atom is 0.303 e. The molecule has 0 saturated carbocycles. The zero-order valence-electron chi connectivity index (χ0n) is 11.1. The van der Waals surface area contributed by atoms with Gasteiger partial charge in [-0.25, -0.2) is 13.4 Å². The summed E-state index contributed by atoms with van der Waals surface area (Å²) in [7, 11) is -3.53. The molecule has 8 heteroatoms. The zero-order chi connectivity index (χ0) is 15.3. The standard InChI is InChI=1S/C13H15N3O4S/c17-13(18)2-1-7-21(19,20)16-11-5-3-10(4-6-11)12-8-14-9-15-12/h3-6,8-9,16H,1-2,7H2,(H,14,15)(H,17,18). The number of anilines is 1. The Morgan fingerprint density at radius 2 is 2.00 bits per heavy atom. The second kappa shape index (κ2) is 6.40. The Labute approximate surface area is 122 Å². The molecule has 0 aliphatic carbocycles. The van der Waals surface area contributed by atoms with E-state index in [-0.39, 0.29) is 18.6 Å². The second-order valence-corrected chi connectivity index (χ2v) is 6.30. The molecule has 0 spiro atoms. The predicted octanol–water partition coefficient (Wildman–Crippen LogP) is 1.68. The number of nitrogens with zero attached hydrogens (tertiary/aromatic N) is 1. The second-order valence-electron chi connectivity index (χ2n) is 4.46. The molecule has 0 aliphatic heterocycles. The van der Waals surface area contributed by atoms with Crippen molar-refractivity contribution in [1.29, 1.82) is 0 Å². The van der Waals surface area contributed by atoms with Crippen molar-refractivity contribution in [2.45, 2.75) is 12.8 Å². The Morgan fingerprint density at radius 3 is 2.57 bits per heavy atom. The smallest absolute Gasteiger partial charge is 0.303 e. The lowest BCUT2D eigenvalue weighted by Gasteiger charge is -2.08. The lowest BCUT2D eigenvalue weighted by atomic mass is 10.1. The SMILES string of the molecule is O=C(O)CCCS(=O)(=O)Nc1ccc(-c2cnc[nH]2)cc1. The number of carbonyl (C=O) groups is 1. The minimum Gasteiger partial charge on any atom is -0.481 e. The number of sulfonamides is 1. The number of aromatic amines is 1. The van der Waals surface area contributed by atoms with Gasteiger partial charge in [-0.2, -0.15) is 0 Å². The molecule has 21 heavy (non-hydrogen) atoms. The van der Waals surface area contributed by atoms with Crippen molar-refractivity contribution >= 4 is 21.7 Å². The molecule has 1 heterocycles. The van der Waals surface area contributed by atoms with Crippen LogP contribution in [0.2, 0.25) is 0 Å². The van der Waals surface area contributed by atoms with E-state index < -0.39 is 16.0 Å². The lowest BCUT2D eigenvalue weighted by Crippen LogP contribution is -2.17. The van der Waals surface area contributed by atoms with Gasteiger partial charge in [0.25, 0.3) is 0 Å². The number of benzene rings is 1. The number of carboxylic acids is 1. The summed E-state index contributed by atoms with van der Waals surface area (Å²) in [6.45, 7) is 0. The van der Waals surface area contributed by atoms with Crippen molar-refractivity contribution in [2.24, 2.45) is 0 Å². The number of H-pyrrole nitrogens is 1. The normalized spacial score (nSPS) is 11.2. The first-order valence-corrected chi connectivity index (χ1v) is 7.92. The molecular weight excluding hydrogens is 294 g/mol. The van der Waals surface area contributed by atoms with E-state index in [4.69, 9.17) is 5.11 Å². The summed E-state index contributed by atoms with van der Waals surface area (Å²) >= 11 is 0. The molecule has 0 bridgehead atoms. The highest BCUT2D eigenvalue weighted by atomic mass is 32.2. The van der Waals surface area contributed by atoms with Crippen LogP contribution in [0.4, 0.5) is 5.69 Å². The van der Waals surface area contributed by atoms with Gasteiger partial charge in [-0.05, 0) is 24.1 Å². The van der Waals surface area contributed by atoms with Crippen LogP contribution in [0.3, 0.4) is 0 Å². The van der Waals surface area contributed by atoms with Crippen molar-refractivity contribution in [3.8, 4) is 11.3 Å². The average Bonchev–Trinajstić information content (AvgIpc) is 2.92. The summed E-state index contributed by atoms with van der Waals surface area (Å²) < 4.78 is 26.0. The first-order valence-electron chi connectivity index (χ1n) is 6.27. The molecule has 0 fully saturated rings. The Bertz CT molecular complexity index is 694. The third kappa shape index (κ3) is 4.60. The topological polar surface area (TPSA) is 112 Å². The van der Waals surface area contributed by atoms with Crippen LogP contribution in [0.25, 0.3) is 11.3 Å². The van der Waals surface area contributed by atoms with Gasteiger partial charge >= 0.3 is 5.97 Å². The quantitative estimate of drug-likeness (QED) is 0.720. The van der Waals surface area contributed by atoms with Crippen LogP contribution >= 0.6 is 0 Å². The maximum absolute atomic E-state index is 11.8. The fraction of sp³-hybridized carbons (Fsp3) is 0.231. The van der Waals surface area contributed by atoms with Gasteiger partial charge in [0.1, 0.15) is 0 Å². The highest BCUT2D eigenvalue weighted by Crippen LogP contribution is 2.19. The molecule has 7 nitrogen and oxygen atoms in total. The Morgan fingerprint density at radius 1 is 1.29 bits per heavy atom. The fourth-order valence-corrected chi connectivity index (χ4v) is 2.90. The third-order valence-electron chi connectivity index (χ3n) is 2.77. The number of imidazole rings is 1. The van der Waals surface area contributed by atoms with Gasteiger partial charge in [0.15, 0.2) is 0 Å². The van der Waals surface area contributed by atoms with Gasteiger partial charge in [0.2, 0.25) is 10.0 Å². The molecule has 0 aliphatic rings. The predicted molar refractivity (Wildman–Crippen MR) is 78.3 cm³/mol. The molecule has 2 aromatic rings. The summed E-state index contributed by atoms with van der Waals surface area (Å²) in [5.41, 5.74) is 2.17. The maximum atomic E-state index is 11.8. The van der Waals surface area contributed by atoms with Crippen LogP contribution in [0.15, 0.2) is 36.8 Å². The zero-order valence-corrected chi connectivity index (χ0v) is 11.9. The van der Waals surface area contributed by atoms with Crippen LogP contribution in [0.1, 0.15) is 12.8 Å². The van der Waals surface area contributed by atoms with E-state index in [2.05, 4.69) is 14.7 Å². The minimum absolute atomic E-state index is 0.0803. The summed E-state index contributed by atoms with van der Waals surface area (Å²) in [4.78, 5) is 17.2. The van der Waals surface area contributed by atoms with E-state index in [9.17, 15) is 13.2 Å². The summed E-state index contributed by atoms with van der Waals surface area (Å²) in [6.07, 6.45) is 3.15. The number of hydrogen-bond donors (Lipinski definition) is 3. The van der Waals surface area contributed by atoms with Gasteiger partial charge in [-0.15, -0.1) is 0 Å². The van der Waals surface area contributed by atoms with E-state index in [0.717, 1.165) is 11.3 Å². The number of hydrogen-bond acceptors (Lipinski definition) is 4. The molecule has 0 unspecified atom stereocenters. The number of aliphatic carboxylic acids is 1. The molecular formula is C13H15N3O4S. The minimum atomic E-state index is -3.53. The fourth-order valence-electron chi connectivity index (χ4n) is 1.78. The first-order chi connectivity index (χ1) is 9.96. The molecule has 2 rings (SSSR count). The first kappa shape index (κ1) is 15.0. The largest absolute Gasteiger partial charge is 0.481 e. The van der Waals surface area contributed by atoms with Crippen LogP contribution in [0.5, 0.6) is 0 Å².